The van der Waals surface area contributed by atoms with Gasteiger partial charge in [0.2, 0.25) is 0 Å². The van der Waals surface area contributed by atoms with E-state index < -0.39 is 64.4 Å². The second-order valence-electron chi connectivity index (χ2n) is 16.9. The maximum Gasteiger partial charge on any atom is 0.472 e. The fourth-order valence-electron chi connectivity index (χ4n) is 6.17. The molecule has 3 unspecified atom stereocenters. The summed E-state index contributed by atoms with van der Waals surface area (Å²) in [6.45, 7) is 4.02. The van der Waals surface area contributed by atoms with E-state index >= 15 is 0 Å². The fraction of sp³-hybridized carbons (Fsp3) is 0.500. The number of phosphoric ester groups is 1. The molecule has 74 heavy (non-hydrogen) atoms. The number of ether oxygens (including phenoxy) is 3. The van der Waals surface area contributed by atoms with Gasteiger partial charge in [0.15, 0.2) is 6.10 Å². The van der Waals surface area contributed by atoms with Gasteiger partial charge in [0, 0.05) is 12.8 Å². The number of rotatable bonds is 47. The molecule has 0 aromatic carbocycles. The Morgan fingerprint density at radius 1 is 0.392 bits per heavy atom. The molecular weight excluding hydrogens is 952 g/mol. The summed E-state index contributed by atoms with van der Waals surface area (Å²) in [5.74, 6) is -1.78. The summed E-state index contributed by atoms with van der Waals surface area (Å²) < 4.78 is 39.2. The van der Waals surface area contributed by atoms with Crippen molar-refractivity contribution in [1.29, 1.82) is 0 Å². The van der Waals surface area contributed by atoms with Crippen LogP contribution in [0.1, 0.15) is 162 Å². The molecule has 0 rings (SSSR count). The monoisotopic (exact) mass is 1040 g/mol. The highest BCUT2D eigenvalue weighted by Gasteiger charge is 2.28. The predicted molar refractivity (Wildman–Crippen MR) is 306 cm³/mol. The van der Waals surface area contributed by atoms with E-state index in [1.807, 2.05) is 36.5 Å². The lowest BCUT2D eigenvalue weighted by Gasteiger charge is -2.21. The highest BCUT2D eigenvalue weighted by Crippen LogP contribution is 2.43. The Morgan fingerprint density at radius 2 is 0.730 bits per heavy atom. The normalized spacial score (nSPS) is 14.7. The number of aliphatic hydroxyl groups excluding tert-OH is 1. The standard InChI is InChI=1S/C62H93O11P/c1-4-7-10-13-16-19-22-25-27-28-29-30-32-35-38-41-44-47-50-53-62(66)73-59(55-69-60(64)51-48-45-42-39-36-34-31-26-23-20-17-14-11-8-5-2)57-71-74(67,68)70-56-58(54-63)72-61(65)52-49-46-43-40-37-33-24-21-18-15-12-9-6-3/h7-12,16-21,25-27,29-31,33,35-39,44-45,47-48,58-59,63H,4-6,13-15,22-24,28,32,34,40-43,46,49-57H2,1-3H3,(H,67,68)/b10-7-,11-8-,12-9-,19-16-,20-17-,21-18-,27-25-,30-29-,31-26-,37-33-,38-35-,39-36-,47-44-,48-45-. The molecule has 0 amide bonds. The average Bonchev–Trinajstić information content (AvgIpc) is 3.39. The predicted octanol–water partition coefficient (Wildman–Crippen LogP) is 15.9. The van der Waals surface area contributed by atoms with Gasteiger partial charge in [0.25, 0.3) is 0 Å². The molecule has 11 nitrogen and oxygen atoms in total. The molecule has 12 heteroatoms. The van der Waals surface area contributed by atoms with Crippen molar-refractivity contribution in [2.75, 3.05) is 26.4 Å². The van der Waals surface area contributed by atoms with Crippen LogP contribution in [-0.4, -0.2) is 66.5 Å². The van der Waals surface area contributed by atoms with Crippen molar-refractivity contribution in [2.45, 2.75) is 174 Å². The Bertz CT molecular complexity index is 1890. The minimum Gasteiger partial charge on any atom is -0.461 e. The fourth-order valence-corrected chi connectivity index (χ4v) is 6.96. The van der Waals surface area contributed by atoms with Crippen LogP contribution in [0.3, 0.4) is 0 Å². The molecular formula is C62H93O11P. The highest BCUT2D eigenvalue weighted by molar-refractivity contribution is 7.47. The van der Waals surface area contributed by atoms with Crippen LogP contribution in [0.25, 0.3) is 0 Å². The number of unbranched alkanes of at least 4 members (excludes halogenated alkanes) is 3. The molecule has 3 atom stereocenters. The maximum absolute atomic E-state index is 12.9. The Balaban J connectivity index is 5.02. The van der Waals surface area contributed by atoms with Gasteiger partial charge < -0.3 is 24.2 Å². The number of hydrogen-bond donors (Lipinski definition) is 2. The summed E-state index contributed by atoms with van der Waals surface area (Å²) in [5, 5.41) is 9.78. The number of hydrogen-bond acceptors (Lipinski definition) is 10. The Hall–Kier alpha value is -5.16. The molecule has 0 aromatic heterocycles. The first kappa shape index (κ1) is 68.8. The lowest BCUT2D eigenvalue weighted by atomic mass is 10.1. The van der Waals surface area contributed by atoms with Gasteiger partial charge in [-0.2, -0.15) is 0 Å². The number of carbonyl (C=O) groups excluding carboxylic acids is 3. The van der Waals surface area contributed by atoms with E-state index in [-0.39, 0.29) is 19.3 Å². The van der Waals surface area contributed by atoms with Crippen molar-refractivity contribution in [2.24, 2.45) is 0 Å². The third kappa shape index (κ3) is 51.7. The van der Waals surface area contributed by atoms with Gasteiger partial charge in [-0.3, -0.25) is 23.4 Å². The zero-order chi connectivity index (χ0) is 54.1. The number of allylic oxidation sites excluding steroid dienone is 27. The van der Waals surface area contributed by atoms with Crippen LogP contribution in [0.4, 0.5) is 0 Å². The molecule has 0 saturated heterocycles. The van der Waals surface area contributed by atoms with Crippen molar-refractivity contribution in [3.8, 4) is 0 Å². The minimum absolute atomic E-state index is 0.00989. The third-order valence-electron chi connectivity index (χ3n) is 10.2. The zero-order valence-electron chi connectivity index (χ0n) is 45.2. The molecule has 0 bridgehead atoms. The first-order valence-corrected chi connectivity index (χ1v) is 28.5. The van der Waals surface area contributed by atoms with E-state index in [0.29, 0.717) is 25.7 Å². The zero-order valence-corrected chi connectivity index (χ0v) is 46.1. The highest BCUT2D eigenvalue weighted by atomic mass is 31.2. The second-order valence-corrected chi connectivity index (χ2v) is 18.4. The molecule has 0 saturated carbocycles. The number of aliphatic hydroxyl groups is 1. The van der Waals surface area contributed by atoms with Crippen LogP contribution in [0.15, 0.2) is 170 Å². The van der Waals surface area contributed by atoms with Crippen molar-refractivity contribution in [3.63, 3.8) is 0 Å². The molecule has 0 heterocycles. The lowest BCUT2D eigenvalue weighted by molar-refractivity contribution is -0.160. The van der Waals surface area contributed by atoms with Gasteiger partial charge in [-0.05, 0) is 116 Å². The van der Waals surface area contributed by atoms with Crippen LogP contribution >= 0.6 is 7.82 Å². The van der Waals surface area contributed by atoms with Gasteiger partial charge in [-0.15, -0.1) is 0 Å². The van der Waals surface area contributed by atoms with E-state index in [1.165, 1.54) is 0 Å². The van der Waals surface area contributed by atoms with E-state index in [4.69, 9.17) is 23.3 Å². The summed E-state index contributed by atoms with van der Waals surface area (Å²) in [6, 6.07) is 0. The summed E-state index contributed by atoms with van der Waals surface area (Å²) in [5.41, 5.74) is 0. The average molecular weight is 1050 g/mol. The van der Waals surface area contributed by atoms with Crippen molar-refractivity contribution < 1.29 is 52.2 Å². The topological polar surface area (TPSA) is 155 Å². The molecule has 0 fully saturated rings. The smallest absolute Gasteiger partial charge is 0.461 e. The summed E-state index contributed by atoms with van der Waals surface area (Å²) in [6.07, 6.45) is 72.3. The third-order valence-corrected chi connectivity index (χ3v) is 11.1. The van der Waals surface area contributed by atoms with Gasteiger partial charge in [0.05, 0.1) is 26.2 Å². The van der Waals surface area contributed by atoms with Crippen molar-refractivity contribution in [1.82, 2.24) is 0 Å². The minimum atomic E-state index is -4.81. The summed E-state index contributed by atoms with van der Waals surface area (Å²) >= 11 is 0. The summed E-state index contributed by atoms with van der Waals surface area (Å²) in [7, 11) is -4.81. The van der Waals surface area contributed by atoms with Crippen molar-refractivity contribution in [3.05, 3.63) is 170 Å². The van der Waals surface area contributed by atoms with Gasteiger partial charge in [-0.1, -0.05) is 197 Å². The number of carbonyl (C=O) groups is 3. The summed E-state index contributed by atoms with van der Waals surface area (Å²) in [4.78, 5) is 48.3. The van der Waals surface area contributed by atoms with E-state index in [0.717, 1.165) is 96.3 Å². The van der Waals surface area contributed by atoms with E-state index in [1.54, 1.807) is 6.08 Å². The molecule has 0 aromatic rings. The Morgan fingerprint density at radius 3 is 1.14 bits per heavy atom. The Kier molecular flexibility index (Phi) is 50.3. The first-order chi connectivity index (χ1) is 36.2. The maximum atomic E-state index is 12.9. The van der Waals surface area contributed by atoms with Crippen LogP contribution in [0.2, 0.25) is 0 Å². The molecule has 412 valence electrons. The second kappa shape index (κ2) is 54.1. The van der Waals surface area contributed by atoms with Crippen LogP contribution in [0.5, 0.6) is 0 Å². The molecule has 0 aliphatic heterocycles. The van der Waals surface area contributed by atoms with Crippen LogP contribution < -0.4 is 0 Å². The van der Waals surface area contributed by atoms with Gasteiger partial charge >= 0.3 is 25.7 Å². The van der Waals surface area contributed by atoms with E-state index in [9.17, 15) is 28.9 Å². The largest absolute Gasteiger partial charge is 0.472 e. The van der Waals surface area contributed by atoms with Gasteiger partial charge in [0.1, 0.15) is 12.7 Å². The Labute approximate surface area is 447 Å². The molecule has 0 aliphatic carbocycles. The number of phosphoric acid groups is 1. The molecule has 0 spiro atoms. The quantitative estimate of drug-likeness (QED) is 0.0197. The molecule has 2 N–H and O–H groups in total. The van der Waals surface area contributed by atoms with Gasteiger partial charge in [-0.25, -0.2) is 4.57 Å². The van der Waals surface area contributed by atoms with E-state index in [2.05, 4.69) is 148 Å². The van der Waals surface area contributed by atoms with Crippen LogP contribution in [0, 0.1) is 0 Å². The number of esters is 3. The lowest BCUT2D eigenvalue weighted by Crippen LogP contribution is -2.30. The molecule has 0 aliphatic rings. The first-order valence-electron chi connectivity index (χ1n) is 27.0. The van der Waals surface area contributed by atoms with Crippen molar-refractivity contribution >= 4 is 25.7 Å². The SMILES string of the molecule is CC/C=C\C/C=C\C/C=C\C/C=C\C/C=C\C/C=C\CCC(=O)OC(COC(=O)C/C=C\C/C=C\C/C=C\C/C=C\C/C=C\CC)COP(=O)(O)OCC(CO)OC(=O)CCCCC/C=C\C/C=C\C/C=C\CC. The van der Waals surface area contributed by atoms with Crippen LogP contribution in [-0.2, 0) is 42.2 Å². The molecule has 0 radical (unpaired) electrons.